The highest BCUT2D eigenvalue weighted by Gasteiger charge is 2.45. The van der Waals surface area contributed by atoms with Crippen molar-refractivity contribution in [2.24, 2.45) is 35.5 Å². The first-order valence-corrected chi connectivity index (χ1v) is 24.3. The fraction of sp³-hybridized carbons (Fsp3) is 0.684. The number of hydrogen-bond donors (Lipinski definition) is 0. The van der Waals surface area contributed by atoms with Gasteiger partial charge in [-0.1, -0.05) is 162 Å². The fourth-order valence-corrected chi connectivity index (χ4v) is 14.2. The Labute approximate surface area is 251 Å². The summed E-state index contributed by atoms with van der Waals surface area (Å²) in [6.45, 7) is 20.3. The zero-order chi connectivity index (χ0) is 28.9. The summed E-state index contributed by atoms with van der Waals surface area (Å²) in [5.74, 6) is 4.49. The molecule has 4 aliphatic rings. The maximum atomic E-state index is 2.60. The predicted molar refractivity (Wildman–Crippen MR) is 185 cm³/mol. The summed E-state index contributed by atoms with van der Waals surface area (Å²) in [4.78, 5) is 0. The smallest absolute Gasteiger partial charge is 0.0732 e. The van der Waals surface area contributed by atoms with Gasteiger partial charge in [0.1, 0.15) is 0 Å². The monoisotopic (exact) mass is 574 g/mol. The lowest BCUT2D eigenvalue weighted by Crippen LogP contribution is -2.29. The Kier molecular flexibility index (Phi) is 11.0. The number of allylic oxidation sites excluding steroid dienone is 12. The lowest BCUT2D eigenvalue weighted by Gasteiger charge is -2.28. The molecule has 0 aliphatic heterocycles. The van der Waals surface area contributed by atoms with Gasteiger partial charge in [-0.15, -0.1) is 0 Å². The van der Waals surface area contributed by atoms with Crippen molar-refractivity contribution in [2.75, 3.05) is 0 Å². The van der Waals surface area contributed by atoms with Gasteiger partial charge in [-0.05, 0) is 62.2 Å². The summed E-state index contributed by atoms with van der Waals surface area (Å²) in [5.41, 5.74) is 3.73. The molecule has 6 atom stereocenters. The Balaban J connectivity index is 1.34. The van der Waals surface area contributed by atoms with E-state index in [0.29, 0.717) is 23.7 Å². The average molecular weight is 575 g/mol. The molecule has 40 heavy (non-hydrogen) atoms. The van der Waals surface area contributed by atoms with Crippen molar-refractivity contribution in [3.63, 3.8) is 0 Å². The van der Waals surface area contributed by atoms with E-state index in [1.165, 1.54) is 77.0 Å². The van der Waals surface area contributed by atoms with Crippen LogP contribution in [0.15, 0.2) is 70.1 Å². The van der Waals surface area contributed by atoms with E-state index in [9.17, 15) is 0 Å². The van der Waals surface area contributed by atoms with Crippen LogP contribution in [-0.4, -0.2) is 16.1 Å². The second kappa shape index (κ2) is 13.9. The number of rotatable bonds is 15. The summed E-state index contributed by atoms with van der Waals surface area (Å²) in [6, 6.07) is 0. The Morgan fingerprint density at radius 2 is 0.825 bits per heavy atom. The summed E-state index contributed by atoms with van der Waals surface area (Å²) in [6.07, 6.45) is 36.3. The summed E-state index contributed by atoms with van der Waals surface area (Å²) < 4.78 is 0. The first-order valence-electron chi connectivity index (χ1n) is 17.3. The van der Waals surface area contributed by atoms with Crippen molar-refractivity contribution in [3.8, 4) is 0 Å². The third kappa shape index (κ3) is 7.08. The lowest BCUT2D eigenvalue weighted by molar-refractivity contribution is 0.347. The molecule has 222 valence electrons. The number of unbranched alkanes of at least 4 members (excludes halogenated alkanes) is 5. The molecule has 0 N–H and O–H groups in total. The molecule has 0 heterocycles. The topological polar surface area (TPSA) is 0 Å². The van der Waals surface area contributed by atoms with Gasteiger partial charge >= 0.3 is 0 Å². The minimum Gasteiger partial charge on any atom is -0.0774 e. The molecule has 0 fully saturated rings. The van der Waals surface area contributed by atoms with Crippen LogP contribution in [0.25, 0.3) is 0 Å². The first-order chi connectivity index (χ1) is 19.1. The molecule has 2 heteroatoms. The van der Waals surface area contributed by atoms with Gasteiger partial charge in [-0.3, -0.25) is 0 Å². The van der Waals surface area contributed by atoms with E-state index in [2.05, 4.69) is 102 Å². The van der Waals surface area contributed by atoms with Crippen molar-refractivity contribution < 1.29 is 0 Å². The molecule has 4 bridgehead atoms. The maximum Gasteiger partial charge on any atom is 0.0732 e. The second-order valence-electron chi connectivity index (χ2n) is 15.5. The van der Waals surface area contributed by atoms with Crippen LogP contribution < -0.4 is 0 Å². The highest BCUT2D eigenvalue weighted by Crippen LogP contribution is 2.53. The number of hydrogen-bond acceptors (Lipinski definition) is 0. The molecule has 0 radical (unpaired) electrons. The van der Waals surface area contributed by atoms with E-state index >= 15 is 0 Å². The molecule has 4 rings (SSSR count). The fourth-order valence-electron chi connectivity index (χ4n) is 9.04. The van der Waals surface area contributed by atoms with E-state index in [0.717, 1.165) is 11.8 Å². The van der Waals surface area contributed by atoms with Crippen LogP contribution in [0.1, 0.15) is 90.9 Å². The molecule has 0 saturated heterocycles. The zero-order valence-corrected chi connectivity index (χ0v) is 29.6. The van der Waals surface area contributed by atoms with Crippen molar-refractivity contribution in [1.29, 1.82) is 0 Å². The molecule has 0 aromatic heterocycles. The highest BCUT2D eigenvalue weighted by atomic mass is 28.3. The third-order valence-electron chi connectivity index (χ3n) is 10.5. The van der Waals surface area contributed by atoms with E-state index < -0.39 is 16.1 Å². The van der Waals surface area contributed by atoms with E-state index in [1.807, 2.05) is 21.5 Å². The normalized spacial score (nSPS) is 29.6. The van der Waals surface area contributed by atoms with Crippen LogP contribution in [0.4, 0.5) is 0 Å². The van der Waals surface area contributed by atoms with E-state index in [4.69, 9.17) is 0 Å². The molecule has 0 aromatic carbocycles. The molecular formula is C38H62Si2. The standard InChI is InChI=1S/C38H62Si2/c1-9-11-21-33-31-25-17-19-27-35(37(33)39(3,4)5)29(31)23-15-13-14-16-24-30-32-26-18-20-28-36(30)38(40(6,7)8)34(32)22-12-10-2/h17-20,25-32,35-36H,9-16,21-24H2,1-8H3. The molecular weight excluding hydrogens is 513 g/mol. The lowest BCUT2D eigenvalue weighted by atomic mass is 9.81. The molecule has 0 amide bonds. The SMILES string of the molecule is CCCCC1=C([Si](C)(C)C)C2C=CC=CC1C2CCCCCCC1C2C=CC=CC1C([Si](C)(C)C)=C2CCCC. The van der Waals surface area contributed by atoms with Gasteiger partial charge < -0.3 is 0 Å². The van der Waals surface area contributed by atoms with Gasteiger partial charge in [0.05, 0.1) is 16.1 Å². The van der Waals surface area contributed by atoms with Crippen LogP contribution >= 0.6 is 0 Å². The van der Waals surface area contributed by atoms with Gasteiger partial charge in [0, 0.05) is 11.8 Å². The molecule has 6 unspecified atom stereocenters. The van der Waals surface area contributed by atoms with E-state index in [-0.39, 0.29) is 0 Å². The van der Waals surface area contributed by atoms with Crippen LogP contribution in [0.3, 0.4) is 0 Å². The van der Waals surface area contributed by atoms with Crippen LogP contribution in [0.2, 0.25) is 39.3 Å². The minimum atomic E-state index is -1.33. The molecule has 0 spiro atoms. The molecule has 4 aliphatic carbocycles. The van der Waals surface area contributed by atoms with Crippen molar-refractivity contribution in [3.05, 3.63) is 70.1 Å². The summed E-state index contributed by atoms with van der Waals surface area (Å²) >= 11 is 0. The third-order valence-corrected chi connectivity index (χ3v) is 15.1. The summed E-state index contributed by atoms with van der Waals surface area (Å²) in [7, 11) is -2.66. The summed E-state index contributed by atoms with van der Waals surface area (Å²) in [5, 5.41) is 3.84. The second-order valence-corrected chi connectivity index (χ2v) is 25.6. The Hall–Kier alpha value is -1.13. The Morgan fingerprint density at radius 3 is 1.15 bits per heavy atom. The van der Waals surface area contributed by atoms with Gasteiger partial charge in [-0.2, -0.15) is 0 Å². The van der Waals surface area contributed by atoms with Gasteiger partial charge in [-0.25, -0.2) is 0 Å². The van der Waals surface area contributed by atoms with Crippen molar-refractivity contribution >= 4 is 16.1 Å². The van der Waals surface area contributed by atoms with Gasteiger partial charge in [0.2, 0.25) is 0 Å². The first kappa shape index (κ1) is 31.8. The van der Waals surface area contributed by atoms with Crippen LogP contribution in [-0.2, 0) is 0 Å². The molecule has 0 saturated carbocycles. The Morgan fingerprint density at radius 1 is 0.475 bits per heavy atom. The van der Waals surface area contributed by atoms with Crippen LogP contribution in [0, 0.1) is 35.5 Å². The highest BCUT2D eigenvalue weighted by molar-refractivity contribution is 6.83. The minimum absolute atomic E-state index is 0.709. The number of fused-ring (bicyclic) bond motifs is 4. The molecule has 0 nitrogen and oxygen atoms in total. The molecule has 0 aromatic rings. The maximum absolute atomic E-state index is 2.60. The van der Waals surface area contributed by atoms with Gasteiger partial charge in [0.15, 0.2) is 0 Å². The average Bonchev–Trinajstić information content (AvgIpc) is 3.10. The van der Waals surface area contributed by atoms with Gasteiger partial charge in [0.25, 0.3) is 0 Å². The van der Waals surface area contributed by atoms with Crippen LogP contribution in [0.5, 0.6) is 0 Å². The van der Waals surface area contributed by atoms with Crippen molar-refractivity contribution in [1.82, 2.24) is 0 Å². The zero-order valence-electron chi connectivity index (χ0n) is 27.6. The van der Waals surface area contributed by atoms with Crippen molar-refractivity contribution in [2.45, 2.75) is 130 Å². The van der Waals surface area contributed by atoms with E-state index in [1.54, 1.807) is 0 Å². The quantitative estimate of drug-likeness (QED) is 0.135. The predicted octanol–water partition coefficient (Wildman–Crippen LogP) is 12.0. The largest absolute Gasteiger partial charge is 0.0774 e. The Bertz CT molecular complexity index is 950.